The lowest BCUT2D eigenvalue weighted by Gasteiger charge is -2.05. The predicted octanol–water partition coefficient (Wildman–Crippen LogP) is 2.30. The van der Waals surface area contributed by atoms with Crippen molar-refractivity contribution in [3.63, 3.8) is 0 Å². The Morgan fingerprint density at radius 1 is 1.08 bits per heavy atom. The summed E-state index contributed by atoms with van der Waals surface area (Å²) in [5.41, 5.74) is 1.20. The van der Waals surface area contributed by atoms with Gasteiger partial charge in [0, 0.05) is 18.2 Å². The topological polar surface area (TPSA) is 95.7 Å². The molecule has 0 aliphatic rings. The molecule has 2 aromatic carbocycles. The third-order valence-electron chi connectivity index (χ3n) is 3.77. The molecule has 8 nitrogen and oxygen atoms in total. The number of methoxy groups -OCH3 is 2. The lowest BCUT2D eigenvalue weighted by atomic mass is 10.1. The maximum atomic E-state index is 12.4. The molecule has 0 aliphatic heterocycles. The summed E-state index contributed by atoms with van der Waals surface area (Å²) in [6.45, 7) is 1.65. The molecule has 1 heterocycles. The molecular weight excluding hydrogens is 328 g/mol. The molecule has 8 heteroatoms. The van der Waals surface area contributed by atoms with Gasteiger partial charge >= 0.3 is 5.76 Å². The average molecular weight is 343 g/mol. The van der Waals surface area contributed by atoms with E-state index in [4.69, 9.17) is 13.9 Å². The monoisotopic (exact) mass is 343 g/mol. The number of nitro groups is 1. The first kappa shape index (κ1) is 16.4. The van der Waals surface area contributed by atoms with Gasteiger partial charge in [0.25, 0.3) is 5.69 Å². The van der Waals surface area contributed by atoms with E-state index in [1.165, 1.54) is 37.1 Å². The number of rotatable bonds is 4. The molecular formula is C17H15N2O6+. The number of non-ortho nitro benzene ring substituents is 1. The molecule has 0 radical (unpaired) electrons. The number of fused-ring (bicyclic) bond motifs is 1. The van der Waals surface area contributed by atoms with Crippen LogP contribution in [0.5, 0.6) is 11.5 Å². The van der Waals surface area contributed by atoms with Crippen LogP contribution in [0.15, 0.2) is 45.7 Å². The van der Waals surface area contributed by atoms with Crippen LogP contribution in [0.1, 0.15) is 5.56 Å². The van der Waals surface area contributed by atoms with Gasteiger partial charge in [-0.3, -0.25) is 10.1 Å². The minimum atomic E-state index is -0.625. The Bertz CT molecular complexity index is 1020. The van der Waals surface area contributed by atoms with Crippen molar-refractivity contribution >= 4 is 16.7 Å². The second-order valence-corrected chi connectivity index (χ2v) is 5.38. The van der Waals surface area contributed by atoms with E-state index >= 15 is 0 Å². The molecule has 3 aromatic rings. The molecule has 0 bridgehead atoms. The number of nitro benzene ring substituents is 1. The zero-order valence-electron chi connectivity index (χ0n) is 13.8. The van der Waals surface area contributed by atoms with E-state index in [1.54, 1.807) is 25.1 Å². The summed E-state index contributed by atoms with van der Waals surface area (Å²) < 4.78 is 17.0. The minimum absolute atomic E-state index is 0.0754. The Balaban J connectivity index is 2.28. The summed E-state index contributed by atoms with van der Waals surface area (Å²) in [7, 11) is 3.00. The van der Waals surface area contributed by atoms with Gasteiger partial charge < -0.3 is 13.9 Å². The summed E-state index contributed by atoms with van der Waals surface area (Å²) in [5, 5.41) is 11.5. The second kappa shape index (κ2) is 6.23. The molecule has 0 unspecified atom stereocenters. The van der Waals surface area contributed by atoms with Crippen molar-refractivity contribution in [2.45, 2.75) is 6.92 Å². The van der Waals surface area contributed by atoms with Crippen molar-refractivity contribution in [1.82, 2.24) is 0 Å². The van der Waals surface area contributed by atoms with Gasteiger partial charge in [-0.2, -0.15) is 4.79 Å². The van der Waals surface area contributed by atoms with Gasteiger partial charge in [0.2, 0.25) is 5.69 Å². The molecule has 0 N–H and O–H groups in total. The third kappa shape index (κ3) is 3.01. The van der Waals surface area contributed by atoms with Crippen LogP contribution in [0.2, 0.25) is 0 Å². The van der Waals surface area contributed by atoms with Crippen LogP contribution in [0, 0.1) is 17.0 Å². The van der Waals surface area contributed by atoms with E-state index < -0.39 is 10.7 Å². The Labute approximate surface area is 142 Å². The molecule has 3 rings (SSSR count). The highest BCUT2D eigenvalue weighted by Gasteiger charge is 2.21. The van der Waals surface area contributed by atoms with Crippen LogP contribution in [0.25, 0.3) is 16.7 Å². The van der Waals surface area contributed by atoms with Crippen molar-refractivity contribution in [2.24, 2.45) is 0 Å². The first-order valence-electron chi connectivity index (χ1n) is 7.31. The van der Waals surface area contributed by atoms with Gasteiger partial charge in [0.15, 0.2) is 11.8 Å². The largest absolute Gasteiger partial charge is 0.608 e. The molecule has 0 amide bonds. The summed E-state index contributed by atoms with van der Waals surface area (Å²) in [6.07, 6.45) is 1.50. The van der Waals surface area contributed by atoms with Gasteiger partial charge in [0.1, 0.15) is 11.5 Å². The number of hydrogen-bond acceptors (Lipinski definition) is 6. The van der Waals surface area contributed by atoms with Gasteiger partial charge in [-0.1, -0.05) is 4.57 Å². The third-order valence-corrected chi connectivity index (χ3v) is 3.77. The standard InChI is InChI=1S/C17H15N2O6/c1-10-4-13(19(21)22)5-11-9-18(17(20)25-16(10)11)12-6-14(23-2)8-15(7-12)24-3/h4-9H,1-3H3/q+1. The molecule has 25 heavy (non-hydrogen) atoms. The van der Waals surface area contributed by atoms with Crippen LogP contribution >= 0.6 is 0 Å². The van der Waals surface area contributed by atoms with Crippen LogP contribution < -0.4 is 19.8 Å². The molecule has 0 saturated heterocycles. The SMILES string of the molecule is COc1cc(OC)cc(-[n+]2cc3cc([N+](=O)[O-])cc(C)c3oc2=O)c1. The van der Waals surface area contributed by atoms with Crippen molar-refractivity contribution in [1.29, 1.82) is 0 Å². The molecule has 0 spiro atoms. The highest BCUT2D eigenvalue weighted by Crippen LogP contribution is 2.25. The molecule has 1 aromatic heterocycles. The van der Waals surface area contributed by atoms with Gasteiger partial charge in [0.05, 0.1) is 36.7 Å². The van der Waals surface area contributed by atoms with Crippen LogP contribution in [0.4, 0.5) is 5.69 Å². The fraction of sp³-hybridized carbons (Fsp3) is 0.176. The number of benzene rings is 2. The van der Waals surface area contributed by atoms with Crippen molar-refractivity contribution in [3.05, 3.63) is 62.8 Å². The van der Waals surface area contributed by atoms with Crippen molar-refractivity contribution < 1.29 is 23.4 Å². The fourth-order valence-electron chi connectivity index (χ4n) is 2.56. The lowest BCUT2D eigenvalue weighted by Crippen LogP contribution is -2.46. The summed E-state index contributed by atoms with van der Waals surface area (Å²) in [5.74, 6) is 0.368. The maximum absolute atomic E-state index is 12.4. The second-order valence-electron chi connectivity index (χ2n) is 5.38. The van der Waals surface area contributed by atoms with Crippen LogP contribution in [-0.4, -0.2) is 19.1 Å². The number of ether oxygens (including phenoxy) is 2. The van der Waals surface area contributed by atoms with Crippen molar-refractivity contribution in [3.8, 4) is 17.2 Å². The zero-order valence-corrected chi connectivity index (χ0v) is 13.8. The van der Waals surface area contributed by atoms with Crippen LogP contribution in [0.3, 0.4) is 0 Å². The van der Waals surface area contributed by atoms with Crippen molar-refractivity contribution in [2.75, 3.05) is 14.2 Å². The first-order chi connectivity index (χ1) is 11.9. The Kier molecular flexibility index (Phi) is 4.10. The number of nitrogens with zero attached hydrogens (tertiary/aromatic N) is 2. The summed E-state index contributed by atoms with van der Waals surface area (Å²) in [4.78, 5) is 23.0. The minimum Gasteiger partial charge on any atom is -0.496 e. The molecule has 0 saturated carbocycles. The maximum Gasteiger partial charge on any atom is 0.608 e. The molecule has 0 aliphatic carbocycles. The van der Waals surface area contributed by atoms with E-state index in [9.17, 15) is 14.9 Å². The number of aromatic nitrogens is 1. The molecule has 0 atom stereocenters. The summed E-state index contributed by atoms with van der Waals surface area (Å²) >= 11 is 0. The number of hydrogen-bond donors (Lipinski definition) is 0. The molecule has 128 valence electrons. The fourth-order valence-corrected chi connectivity index (χ4v) is 2.56. The van der Waals surface area contributed by atoms with Gasteiger partial charge in [-0.15, -0.1) is 0 Å². The normalized spacial score (nSPS) is 10.7. The predicted molar refractivity (Wildman–Crippen MR) is 88.5 cm³/mol. The van der Waals surface area contributed by atoms with Crippen LogP contribution in [-0.2, 0) is 0 Å². The van der Waals surface area contributed by atoms with E-state index in [-0.39, 0.29) is 5.69 Å². The quantitative estimate of drug-likeness (QED) is 0.410. The Hall–Kier alpha value is -3.42. The van der Waals surface area contributed by atoms with E-state index in [1.807, 2.05) is 0 Å². The average Bonchev–Trinajstić information content (AvgIpc) is 2.61. The van der Waals surface area contributed by atoms with E-state index in [0.29, 0.717) is 33.7 Å². The lowest BCUT2D eigenvalue weighted by molar-refractivity contribution is -0.623. The molecule has 0 fully saturated rings. The highest BCUT2D eigenvalue weighted by molar-refractivity contribution is 5.81. The first-order valence-corrected chi connectivity index (χ1v) is 7.31. The Morgan fingerprint density at radius 3 is 2.28 bits per heavy atom. The van der Waals surface area contributed by atoms with E-state index in [0.717, 1.165) is 0 Å². The zero-order chi connectivity index (χ0) is 18.1. The summed E-state index contributed by atoms with van der Waals surface area (Å²) in [6, 6.07) is 7.66. The van der Waals surface area contributed by atoms with Gasteiger partial charge in [-0.05, 0) is 12.5 Å². The Morgan fingerprint density at radius 2 is 1.72 bits per heavy atom. The van der Waals surface area contributed by atoms with E-state index in [2.05, 4.69) is 0 Å². The van der Waals surface area contributed by atoms with Gasteiger partial charge in [-0.25, -0.2) is 0 Å². The highest BCUT2D eigenvalue weighted by atomic mass is 16.6. The smallest absolute Gasteiger partial charge is 0.496 e. The number of aryl methyl sites for hydroxylation is 1.